The Hall–Kier alpha value is -0.810. The zero-order chi connectivity index (χ0) is 17.9. The molecule has 3 rings (SSSR count). The lowest BCUT2D eigenvalue weighted by atomic mass is 9.90. The average Bonchev–Trinajstić information content (AvgIpc) is 3.24. The van der Waals surface area contributed by atoms with Gasteiger partial charge in [0.1, 0.15) is 0 Å². The Labute approximate surface area is 164 Å². The topological polar surface area (TPSA) is 96.3 Å². The van der Waals surface area contributed by atoms with Gasteiger partial charge in [-0.3, -0.25) is 9.48 Å². The first-order valence-electron chi connectivity index (χ1n) is 8.50. The van der Waals surface area contributed by atoms with Crippen LogP contribution in [-0.4, -0.2) is 78.4 Å². The summed E-state index contributed by atoms with van der Waals surface area (Å²) in [5.41, 5.74) is 1.03. The second kappa shape index (κ2) is 9.41. The molecule has 2 N–H and O–H groups in total. The van der Waals surface area contributed by atoms with Crippen LogP contribution in [0.1, 0.15) is 11.5 Å². The highest BCUT2D eigenvalue weighted by Gasteiger charge is 2.34. The zero-order valence-electron chi connectivity index (χ0n) is 14.8. The molecule has 26 heavy (non-hydrogen) atoms. The van der Waals surface area contributed by atoms with Crippen LogP contribution in [0.2, 0.25) is 0 Å². The van der Waals surface area contributed by atoms with Crippen LogP contribution in [0.3, 0.4) is 0 Å². The van der Waals surface area contributed by atoms with Gasteiger partial charge in [-0.2, -0.15) is 16.9 Å². The molecule has 1 aromatic heterocycles. The third-order valence-electron chi connectivity index (χ3n) is 4.73. The van der Waals surface area contributed by atoms with E-state index in [0.29, 0.717) is 19.6 Å². The molecule has 2 fully saturated rings. The van der Waals surface area contributed by atoms with Crippen LogP contribution in [0.4, 0.5) is 0 Å². The molecule has 11 heteroatoms. The molecular weight excluding hydrogens is 398 g/mol. The molecule has 0 spiro atoms. The van der Waals surface area contributed by atoms with Crippen LogP contribution in [0.15, 0.2) is 12.4 Å². The molecule has 8 nitrogen and oxygen atoms in total. The molecule has 0 saturated carbocycles. The molecule has 0 unspecified atom stereocenters. The molecule has 1 aromatic rings. The van der Waals surface area contributed by atoms with Gasteiger partial charge in [-0.1, -0.05) is 0 Å². The van der Waals surface area contributed by atoms with Gasteiger partial charge in [0.15, 0.2) is 0 Å². The third-order valence-corrected chi connectivity index (χ3v) is 7.54. The first kappa shape index (κ1) is 21.5. The van der Waals surface area contributed by atoms with E-state index in [2.05, 4.69) is 15.7 Å². The number of nitrogens with one attached hydrogen (secondary N) is 2. The largest absolute Gasteiger partial charge is 0.355 e. The second-order valence-electron chi connectivity index (χ2n) is 6.44. The summed E-state index contributed by atoms with van der Waals surface area (Å²) in [5, 5.41) is 10.2. The Balaban J connectivity index is 0.00000243. The number of hydrogen-bond acceptors (Lipinski definition) is 6. The monoisotopic (exact) mass is 423 g/mol. The highest BCUT2D eigenvalue weighted by molar-refractivity contribution is 7.99. The van der Waals surface area contributed by atoms with E-state index in [9.17, 15) is 13.2 Å². The van der Waals surface area contributed by atoms with Crippen molar-refractivity contribution in [3.05, 3.63) is 18.0 Å². The summed E-state index contributed by atoms with van der Waals surface area (Å²) in [4.78, 5) is 12.5. The summed E-state index contributed by atoms with van der Waals surface area (Å²) in [6.45, 7) is 2.61. The normalized spacial score (nSPS) is 24.2. The van der Waals surface area contributed by atoms with E-state index in [1.54, 1.807) is 22.6 Å². The van der Waals surface area contributed by atoms with E-state index in [0.717, 1.165) is 23.6 Å². The molecule has 2 aliphatic heterocycles. The lowest BCUT2D eigenvalue weighted by Gasteiger charge is -2.25. The molecule has 2 saturated heterocycles. The van der Waals surface area contributed by atoms with Gasteiger partial charge in [0.25, 0.3) is 0 Å². The van der Waals surface area contributed by atoms with Gasteiger partial charge < -0.3 is 10.6 Å². The molecule has 0 aromatic carbocycles. The quantitative estimate of drug-likeness (QED) is 0.648. The fraction of sp³-hybridized carbons (Fsp3) is 0.733. The van der Waals surface area contributed by atoms with Crippen LogP contribution >= 0.6 is 24.2 Å². The lowest BCUT2D eigenvalue weighted by molar-refractivity contribution is -0.124. The van der Waals surface area contributed by atoms with E-state index in [1.165, 1.54) is 4.31 Å². The highest BCUT2D eigenvalue weighted by atomic mass is 35.5. The standard InChI is InChI=1S/C15H25N5O3S2.ClH/c1-19-11-12(8-18-19)13-9-16-10-14(13)15(21)17-2-7-25(22,23)20-3-5-24-6-4-20;/h8,11,13-14,16H,2-7,9-10H2,1H3,(H,17,21);1H/t13-,14+;/m1./s1. The van der Waals surface area contributed by atoms with E-state index in [1.807, 2.05) is 13.2 Å². The number of carbonyl (C=O) groups is 1. The zero-order valence-corrected chi connectivity index (χ0v) is 17.2. The van der Waals surface area contributed by atoms with Crippen molar-refractivity contribution < 1.29 is 13.2 Å². The van der Waals surface area contributed by atoms with Crippen molar-refractivity contribution in [2.45, 2.75) is 5.92 Å². The number of aromatic nitrogens is 2. The fourth-order valence-electron chi connectivity index (χ4n) is 3.32. The smallest absolute Gasteiger partial charge is 0.225 e. The minimum atomic E-state index is -3.29. The average molecular weight is 424 g/mol. The van der Waals surface area contributed by atoms with Crippen LogP contribution in [0.25, 0.3) is 0 Å². The van der Waals surface area contributed by atoms with Crippen molar-refractivity contribution in [1.29, 1.82) is 0 Å². The molecular formula is C15H26ClN5O3S2. The number of halogens is 1. The molecule has 148 valence electrons. The number of aryl methyl sites for hydroxylation is 1. The van der Waals surface area contributed by atoms with Gasteiger partial charge in [-0.05, 0) is 5.56 Å². The van der Waals surface area contributed by atoms with E-state index in [-0.39, 0.29) is 42.4 Å². The summed E-state index contributed by atoms with van der Waals surface area (Å²) in [5.74, 6) is 1.42. The summed E-state index contributed by atoms with van der Waals surface area (Å²) in [7, 11) is -1.44. The van der Waals surface area contributed by atoms with Crippen molar-refractivity contribution in [1.82, 2.24) is 24.7 Å². The Morgan fingerprint density at radius 3 is 2.77 bits per heavy atom. The number of thioether (sulfide) groups is 1. The molecule has 0 radical (unpaired) electrons. The van der Waals surface area contributed by atoms with Gasteiger partial charge in [0, 0.05) is 63.4 Å². The van der Waals surface area contributed by atoms with Gasteiger partial charge in [0.05, 0.1) is 17.9 Å². The first-order valence-corrected chi connectivity index (χ1v) is 11.3. The van der Waals surface area contributed by atoms with Crippen molar-refractivity contribution >= 4 is 40.1 Å². The minimum absolute atomic E-state index is 0. The number of sulfonamides is 1. The Bertz CT molecular complexity index is 706. The maximum absolute atomic E-state index is 12.5. The molecule has 1 amide bonds. The van der Waals surface area contributed by atoms with Crippen LogP contribution in [0.5, 0.6) is 0 Å². The first-order chi connectivity index (χ1) is 12.0. The SMILES string of the molecule is Cl.Cn1cc([C@H]2CNC[C@@H]2C(=O)NCCS(=O)(=O)N2CCSCC2)cn1. The number of carbonyl (C=O) groups excluding carboxylic acids is 1. The van der Waals surface area contributed by atoms with Crippen molar-refractivity contribution in [2.75, 3.05) is 50.0 Å². The molecule has 2 aliphatic rings. The highest BCUT2D eigenvalue weighted by Crippen LogP contribution is 2.27. The van der Waals surface area contributed by atoms with Gasteiger partial charge in [0.2, 0.25) is 15.9 Å². The van der Waals surface area contributed by atoms with Gasteiger partial charge in [-0.25, -0.2) is 12.7 Å². The minimum Gasteiger partial charge on any atom is -0.355 e. The number of nitrogens with zero attached hydrogens (tertiary/aromatic N) is 3. The molecule has 2 atom stereocenters. The maximum Gasteiger partial charge on any atom is 0.225 e. The second-order valence-corrected chi connectivity index (χ2v) is 9.75. The van der Waals surface area contributed by atoms with Crippen molar-refractivity contribution in [3.8, 4) is 0 Å². The van der Waals surface area contributed by atoms with Gasteiger partial charge in [-0.15, -0.1) is 12.4 Å². The predicted octanol–water partition coefficient (Wildman–Crippen LogP) is -0.360. The molecule has 3 heterocycles. The molecule has 0 aliphatic carbocycles. The van der Waals surface area contributed by atoms with Gasteiger partial charge >= 0.3 is 0 Å². The van der Waals surface area contributed by atoms with Crippen molar-refractivity contribution in [3.63, 3.8) is 0 Å². The van der Waals surface area contributed by atoms with Crippen molar-refractivity contribution in [2.24, 2.45) is 13.0 Å². The van der Waals surface area contributed by atoms with Crippen LogP contribution < -0.4 is 10.6 Å². The van der Waals surface area contributed by atoms with E-state index in [4.69, 9.17) is 0 Å². The lowest BCUT2D eigenvalue weighted by Crippen LogP contribution is -2.43. The summed E-state index contributed by atoms with van der Waals surface area (Å²) < 4.78 is 27.9. The van der Waals surface area contributed by atoms with E-state index >= 15 is 0 Å². The number of amides is 1. The fourth-order valence-corrected chi connectivity index (χ4v) is 5.82. The third kappa shape index (κ3) is 5.13. The number of rotatable bonds is 6. The summed E-state index contributed by atoms with van der Waals surface area (Å²) in [6.07, 6.45) is 3.72. The summed E-state index contributed by atoms with van der Waals surface area (Å²) in [6, 6.07) is 0. The summed E-state index contributed by atoms with van der Waals surface area (Å²) >= 11 is 1.77. The van der Waals surface area contributed by atoms with Crippen LogP contribution in [-0.2, 0) is 21.9 Å². The molecule has 0 bridgehead atoms. The maximum atomic E-state index is 12.5. The van der Waals surface area contributed by atoms with Crippen LogP contribution in [0, 0.1) is 5.92 Å². The number of hydrogen-bond donors (Lipinski definition) is 2. The Morgan fingerprint density at radius 2 is 2.12 bits per heavy atom. The van der Waals surface area contributed by atoms with E-state index < -0.39 is 10.0 Å². The predicted molar refractivity (Wildman–Crippen MR) is 105 cm³/mol. The Morgan fingerprint density at radius 1 is 1.38 bits per heavy atom. The Kier molecular flexibility index (Phi) is 7.77.